The maximum absolute atomic E-state index is 10.4. The first kappa shape index (κ1) is 10.0. The summed E-state index contributed by atoms with van der Waals surface area (Å²) in [6.45, 7) is 1.78. The summed E-state index contributed by atoms with van der Waals surface area (Å²) >= 11 is 0. The summed E-state index contributed by atoms with van der Waals surface area (Å²) in [4.78, 5) is 10.4. The predicted octanol–water partition coefficient (Wildman–Crippen LogP) is 1.45. The van der Waals surface area contributed by atoms with Crippen LogP contribution in [0.15, 0.2) is 12.3 Å². The van der Waals surface area contributed by atoms with Gasteiger partial charge < -0.3 is 9.67 Å². The number of nitrogens with zero attached hydrogens (tertiary/aromatic N) is 1. The van der Waals surface area contributed by atoms with Crippen molar-refractivity contribution in [3.8, 4) is 0 Å². The average Bonchev–Trinajstić information content (AvgIpc) is 2.14. The van der Waals surface area contributed by atoms with E-state index in [0.29, 0.717) is 5.56 Å². The fourth-order valence-corrected chi connectivity index (χ4v) is 0.835. The van der Waals surface area contributed by atoms with Gasteiger partial charge in [-0.05, 0) is 13.0 Å². The molecule has 0 amide bonds. The number of halogens is 1. The van der Waals surface area contributed by atoms with Crippen LogP contribution in [0, 0.1) is 6.92 Å². The zero-order chi connectivity index (χ0) is 7.72. The van der Waals surface area contributed by atoms with Crippen LogP contribution >= 0.6 is 12.4 Å². The zero-order valence-electron chi connectivity index (χ0n) is 6.37. The van der Waals surface area contributed by atoms with Crippen molar-refractivity contribution in [3.63, 3.8) is 0 Å². The van der Waals surface area contributed by atoms with Crippen LogP contribution in [0.25, 0.3) is 0 Å². The Labute approximate surface area is 71.1 Å². The smallest absolute Gasteiger partial charge is 0.337 e. The fourth-order valence-electron chi connectivity index (χ4n) is 0.835. The van der Waals surface area contributed by atoms with Crippen LogP contribution in [0.2, 0.25) is 0 Å². The number of carbonyl (C=O) groups is 1. The number of carboxylic acids is 1. The molecule has 0 saturated heterocycles. The van der Waals surface area contributed by atoms with E-state index in [-0.39, 0.29) is 12.4 Å². The second-order valence-electron chi connectivity index (χ2n) is 2.23. The molecule has 1 aromatic heterocycles. The fraction of sp³-hybridized carbons (Fsp3) is 0.286. The SMILES string of the molecule is Cc1c(C(=O)O)ccn1C.Cl. The molecule has 11 heavy (non-hydrogen) atoms. The normalized spacial score (nSPS) is 8.91. The summed E-state index contributed by atoms with van der Waals surface area (Å²) in [6.07, 6.45) is 1.73. The first-order valence-electron chi connectivity index (χ1n) is 2.98. The van der Waals surface area contributed by atoms with Crippen LogP contribution in [0.4, 0.5) is 0 Å². The lowest BCUT2D eigenvalue weighted by Gasteiger charge is -1.95. The first-order chi connectivity index (χ1) is 4.63. The Kier molecular flexibility index (Phi) is 3.14. The largest absolute Gasteiger partial charge is 0.478 e. The molecule has 3 nitrogen and oxygen atoms in total. The molecule has 62 valence electrons. The van der Waals surface area contributed by atoms with E-state index in [4.69, 9.17) is 5.11 Å². The minimum Gasteiger partial charge on any atom is -0.478 e. The number of rotatable bonds is 1. The van der Waals surface area contributed by atoms with Gasteiger partial charge in [-0.3, -0.25) is 0 Å². The molecule has 0 aromatic carbocycles. The van der Waals surface area contributed by atoms with Gasteiger partial charge in [0.15, 0.2) is 0 Å². The van der Waals surface area contributed by atoms with Gasteiger partial charge in [0.2, 0.25) is 0 Å². The molecule has 0 atom stereocenters. The van der Waals surface area contributed by atoms with Gasteiger partial charge in [-0.1, -0.05) is 0 Å². The lowest BCUT2D eigenvalue weighted by molar-refractivity contribution is 0.0696. The third kappa shape index (κ3) is 1.74. The number of hydrogen-bond acceptors (Lipinski definition) is 1. The Bertz CT molecular complexity index is 267. The quantitative estimate of drug-likeness (QED) is 0.702. The van der Waals surface area contributed by atoms with Crippen LogP contribution < -0.4 is 0 Å². The number of aryl methyl sites for hydroxylation is 1. The summed E-state index contributed by atoms with van der Waals surface area (Å²) < 4.78 is 1.78. The summed E-state index contributed by atoms with van der Waals surface area (Å²) in [6, 6.07) is 1.59. The maximum Gasteiger partial charge on any atom is 0.337 e. The van der Waals surface area contributed by atoms with Gasteiger partial charge in [-0.25, -0.2) is 4.79 Å². The van der Waals surface area contributed by atoms with Crippen LogP contribution in [-0.4, -0.2) is 15.6 Å². The van der Waals surface area contributed by atoms with Gasteiger partial charge in [-0.2, -0.15) is 0 Å². The van der Waals surface area contributed by atoms with E-state index >= 15 is 0 Å². The molecule has 0 bridgehead atoms. The Balaban J connectivity index is 0.000001000. The molecule has 0 radical (unpaired) electrons. The van der Waals surface area contributed by atoms with E-state index in [1.807, 2.05) is 7.05 Å². The lowest BCUT2D eigenvalue weighted by Crippen LogP contribution is -1.98. The topological polar surface area (TPSA) is 42.2 Å². The second kappa shape index (κ2) is 3.44. The zero-order valence-corrected chi connectivity index (χ0v) is 7.18. The third-order valence-electron chi connectivity index (χ3n) is 1.61. The lowest BCUT2D eigenvalue weighted by atomic mass is 10.3. The molecule has 1 aromatic rings. The first-order valence-corrected chi connectivity index (χ1v) is 2.98. The van der Waals surface area contributed by atoms with Crippen LogP contribution in [-0.2, 0) is 7.05 Å². The minimum atomic E-state index is -0.863. The van der Waals surface area contributed by atoms with Crippen molar-refractivity contribution in [1.29, 1.82) is 0 Å². The molecule has 0 fully saturated rings. The number of hydrogen-bond donors (Lipinski definition) is 1. The van der Waals surface area contributed by atoms with Crippen molar-refractivity contribution < 1.29 is 9.90 Å². The third-order valence-corrected chi connectivity index (χ3v) is 1.61. The average molecular weight is 176 g/mol. The van der Waals surface area contributed by atoms with Crippen molar-refractivity contribution in [3.05, 3.63) is 23.5 Å². The summed E-state index contributed by atoms with van der Waals surface area (Å²) in [5.41, 5.74) is 1.16. The molecule has 4 heteroatoms. The standard InChI is InChI=1S/C7H9NO2.ClH/c1-5-6(7(9)10)3-4-8(5)2;/h3-4H,1-2H3,(H,9,10);1H. The van der Waals surface area contributed by atoms with Crippen LogP contribution in [0.1, 0.15) is 16.1 Å². The Hall–Kier alpha value is -0.960. The van der Waals surface area contributed by atoms with E-state index in [0.717, 1.165) is 5.69 Å². The van der Waals surface area contributed by atoms with Crippen LogP contribution in [0.3, 0.4) is 0 Å². The van der Waals surface area contributed by atoms with E-state index in [1.165, 1.54) is 0 Å². The van der Waals surface area contributed by atoms with E-state index < -0.39 is 5.97 Å². The molecule has 0 unspecified atom stereocenters. The summed E-state index contributed by atoms with van der Waals surface area (Å²) in [5, 5.41) is 8.57. The van der Waals surface area contributed by atoms with Crippen molar-refractivity contribution >= 4 is 18.4 Å². The molecule has 0 aliphatic heterocycles. The van der Waals surface area contributed by atoms with Gasteiger partial charge in [0.1, 0.15) is 0 Å². The monoisotopic (exact) mass is 175 g/mol. The molecule has 0 aliphatic rings. The van der Waals surface area contributed by atoms with Gasteiger partial charge in [-0.15, -0.1) is 12.4 Å². The molecule has 1 heterocycles. The van der Waals surface area contributed by atoms with Gasteiger partial charge >= 0.3 is 5.97 Å². The van der Waals surface area contributed by atoms with Gasteiger partial charge in [0, 0.05) is 18.9 Å². The molecule has 0 aliphatic carbocycles. The van der Waals surface area contributed by atoms with Gasteiger partial charge in [0.05, 0.1) is 5.56 Å². The highest BCUT2D eigenvalue weighted by Crippen LogP contribution is 2.06. The Morgan fingerprint density at radius 1 is 1.64 bits per heavy atom. The minimum absolute atomic E-state index is 0. The molecule has 1 N–H and O–H groups in total. The Morgan fingerprint density at radius 3 is 2.36 bits per heavy atom. The highest BCUT2D eigenvalue weighted by Gasteiger charge is 2.07. The second-order valence-corrected chi connectivity index (χ2v) is 2.23. The molecule has 0 spiro atoms. The molecule has 1 rings (SSSR count). The molecule has 0 saturated carbocycles. The van der Waals surface area contributed by atoms with Crippen molar-refractivity contribution in [2.45, 2.75) is 6.92 Å². The van der Waals surface area contributed by atoms with E-state index in [1.54, 1.807) is 23.8 Å². The van der Waals surface area contributed by atoms with Gasteiger partial charge in [0.25, 0.3) is 0 Å². The summed E-state index contributed by atoms with van der Waals surface area (Å²) in [7, 11) is 1.82. The van der Waals surface area contributed by atoms with Crippen molar-refractivity contribution in [2.24, 2.45) is 7.05 Å². The van der Waals surface area contributed by atoms with Crippen LogP contribution in [0.5, 0.6) is 0 Å². The van der Waals surface area contributed by atoms with Crippen molar-refractivity contribution in [1.82, 2.24) is 4.57 Å². The van der Waals surface area contributed by atoms with E-state index in [9.17, 15) is 4.79 Å². The number of aromatic carboxylic acids is 1. The Morgan fingerprint density at radius 2 is 2.18 bits per heavy atom. The number of aromatic nitrogens is 1. The maximum atomic E-state index is 10.4. The summed E-state index contributed by atoms with van der Waals surface area (Å²) in [5.74, 6) is -0.863. The highest BCUT2D eigenvalue weighted by atomic mass is 35.5. The number of carboxylic acid groups (broad SMARTS) is 1. The van der Waals surface area contributed by atoms with Crippen molar-refractivity contribution in [2.75, 3.05) is 0 Å². The molecular weight excluding hydrogens is 166 g/mol. The predicted molar refractivity (Wildman–Crippen MR) is 44.4 cm³/mol. The highest BCUT2D eigenvalue weighted by molar-refractivity contribution is 5.88. The van der Waals surface area contributed by atoms with E-state index in [2.05, 4.69) is 0 Å². The molecular formula is C7H10ClNO2.